The number of hydrazone groups is 2. The highest BCUT2D eigenvalue weighted by Gasteiger charge is 2.13. The number of ether oxygens (including phenoxy) is 1. The Labute approximate surface area is 262 Å². The van der Waals surface area contributed by atoms with Crippen molar-refractivity contribution in [2.24, 2.45) is 10.2 Å². The van der Waals surface area contributed by atoms with Crippen molar-refractivity contribution in [3.63, 3.8) is 0 Å². The lowest BCUT2D eigenvalue weighted by Crippen LogP contribution is -2.18. The number of hydrogen-bond donors (Lipinski definition) is 5. The Morgan fingerprint density at radius 1 is 0.689 bits per heavy atom. The van der Waals surface area contributed by atoms with Crippen LogP contribution in [-0.4, -0.2) is 59.4 Å². The summed E-state index contributed by atoms with van der Waals surface area (Å²) in [4.78, 5) is 9.31. The zero-order chi connectivity index (χ0) is 32.6. The van der Waals surface area contributed by atoms with E-state index in [1.54, 1.807) is 57.4 Å². The van der Waals surface area contributed by atoms with Crippen molar-refractivity contribution >= 4 is 54.7 Å². The van der Waals surface area contributed by atoms with Crippen LogP contribution < -0.4 is 30.3 Å². The average molecular weight is 652 g/mol. The molecule has 0 aliphatic carbocycles. The number of nitrogens with one attached hydrogen (secondary N) is 5. The molecule has 0 aliphatic rings. The van der Waals surface area contributed by atoms with Gasteiger partial charge >= 0.3 is 0 Å². The summed E-state index contributed by atoms with van der Waals surface area (Å²) >= 11 is 0. The quantitative estimate of drug-likeness (QED) is 0.105. The molecule has 0 aliphatic heterocycles. The first-order valence-electron chi connectivity index (χ1n) is 13.4. The van der Waals surface area contributed by atoms with Crippen LogP contribution >= 0.6 is 0 Å². The van der Waals surface area contributed by atoms with Crippen molar-refractivity contribution in [2.45, 2.75) is 23.6 Å². The molecule has 0 spiro atoms. The number of anilines is 4. The Bertz CT molecular complexity index is 1820. The minimum absolute atomic E-state index is 0.143. The fourth-order valence-corrected chi connectivity index (χ4v) is 5.31. The smallest absolute Gasteiger partial charge is 0.240 e. The van der Waals surface area contributed by atoms with Crippen LogP contribution in [0.1, 0.15) is 25.0 Å². The number of hydrogen-bond acceptors (Lipinski definition) is 12. The number of sulfonamides is 2. The Kier molecular flexibility index (Phi) is 10.5. The van der Waals surface area contributed by atoms with Gasteiger partial charge in [-0.2, -0.15) is 20.2 Å². The maximum Gasteiger partial charge on any atom is 0.240 e. The molecule has 1 heterocycles. The van der Waals surface area contributed by atoms with E-state index in [0.29, 0.717) is 45.6 Å². The molecule has 236 valence electrons. The van der Waals surface area contributed by atoms with E-state index in [4.69, 9.17) is 4.74 Å². The first kappa shape index (κ1) is 33.0. The van der Waals surface area contributed by atoms with Gasteiger partial charge in [0.15, 0.2) is 11.6 Å². The topological polar surface area (TPSA) is 188 Å². The van der Waals surface area contributed by atoms with Gasteiger partial charge < -0.3 is 10.1 Å². The summed E-state index contributed by atoms with van der Waals surface area (Å²) in [5.41, 5.74) is 9.10. The standard InChI is InChI=1S/C29H33N9O5S2/c1-19(21-9-13-25(14-10-21)44(39,40)30-3)35-37-27-18-28(34-29(33-27)32-23-7-6-8-24(17-23)43-5)38-36-20(2)22-11-15-26(16-12-22)45(41,42)31-4/h6-18,30-31H,1-5H3,(H3,32,33,34,37,38)/b35-19-,36-20-. The highest BCUT2D eigenvalue weighted by atomic mass is 32.2. The lowest BCUT2D eigenvalue weighted by atomic mass is 10.1. The summed E-state index contributed by atoms with van der Waals surface area (Å²) in [6, 6.07) is 21.5. The average Bonchev–Trinajstić information content (AvgIpc) is 3.06. The lowest BCUT2D eigenvalue weighted by molar-refractivity contribution is 0.415. The first-order valence-corrected chi connectivity index (χ1v) is 16.4. The Balaban J connectivity index is 1.60. The molecule has 4 aromatic rings. The SMILES string of the molecule is CNS(=O)(=O)c1ccc(/C(C)=N\Nc2cc(N/N=C(/C)c3ccc(S(=O)(=O)NC)cc3)nc(Nc3cccc(OC)c3)n2)cc1. The van der Waals surface area contributed by atoms with Crippen molar-refractivity contribution in [1.29, 1.82) is 0 Å². The van der Waals surface area contributed by atoms with Gasteiger partial charge in [-0.1, -0.05) is 30.3 Å². The fraction of sp³-hybridized carbons (Fsp3) is 0.172. The van der Waals surface area contributed by atoms with E-state index in [2.05, 4.69) is 45.8 Å². The molecule has 0 unspecified atom stereocenters. The van der Waals surface area contributed by atoms with Crippen LogP contribution in [-0.2, 0) is 20.0 Å². The Hall–Kier alpha value is -4.90. The fourth-order valence-electron chi connectivity index (χ4n) is 3.85. The molecule has 4 rings (SSSR count). The molecule has 0 amide bonds. The Morgan fingerprint density at radius 2 is 1.16 bits per heavy atom. The molecule has 1 aromatic heterocycles. The van der Waals surface area contributed by atoms with Gasteiger partial charge in [0.25, 0.3) is 0 Å². The molecular formula is C29H33N9O5S2. The predicted molar refractivity (Wildman–Crippen MR) is 175 cm³/mol. The lowest BCUT2D eigenvalue weighted by Gasteiger charge is -2.11. The summed E-state index contributed by atoms with van der Waals surface area (Å²) in [7, 11) is -2.83. The highest BCUT2D eigenvalue weighted by Crippen LogP contribution is 2.22. The third-order valence-electron chi connectivity index (χ3n) is 6.43. The number of nitrogens with zero attached hydrogens (tertiary/aromatic N) is 4. The monoisotopic (exact) mass is 651 g/mol. The summed E-state index contributed by atoms with van der Waals surface area (Å²) in [6.07, 6.45) is 0. The molecule has 0 bridgehead atoms. The van der Waals surface area contributed by atoms with Gasteiger partial charge in [-0.25, -0.2) is 26.3 Å². The maximum atomic E-state index is 12.0. The molecule has 0 saturated carbocycles. The molecule has 0 fully saturated rings. The summed E-state index contributed by atoms with van der Waals surface area (Å²) in [6.45, 7) is 3.54. The second-order valence-corrected chi connectivity index (χ2v) is 13.2. The zero-order valence-electron chi connectivity index (χ0n) is 25.2. The van der Waals surface area contributed by atoms with Crippen LogP contribution in [0.5, 0.6) is 5.75 Å². The molecule has 0 radical (unpaired) electrons. The van der Waals surface area contributed by atoms with Crippen LogP contribution in [0.3, 0.4) is 0 Å². The van der Waals surface area contributed by atoms with E-state index >= 15 is 0 Å². The number of rotatable bonds is 13. The molecule has 45 heavy (non-hydrogen) atoms. The zero-order valence-corrected chi connectivity index (χ0v) is 26.8. The van der Waals surface area contributed by atoms with Crippen LogP contribution in [0, 0.1) is 0 Å². The highest BCUT2D eigenvalue weighted by molar-refractivity contribution is 7.89. The predicted octanol–water partition coefficient (Wildman–Crippen LogP) is 3.72. The van der Waals surface area contributed by atoms with Crippen molar-refractivity contribution in [3.8, 4) is 5.75 Å². The minimum atomic E-state index is -3.56. The number of benzene rings is 3. The second kappa shape index (κ2) is 14.3. The van der Waals surface area contributed by atoms with Gasteiger partial charge in [0.2, 0.25) is 26.0 Å². The molecule has 16 heteroatoms. The molecule has 3 aromatic carbocycles. The summed E-state index contributed by atoms with van der Waals surface area (Å²) in [5, 5.41) is 12.0. The van der Waals surface area contributed by atoms with Crippen LogP contribution in [0.2, 0.25) is 0 Å². The molecule has 0 atom stereocenters. The molecular weight excluding hydrogens is 619 g/mol. The van der Waals surface area contributed by atoms with E-state index in [9.17, 15) is 16.8 Å². The normalized spacial score (nSPS) is 12.5. The second-order valence-electron chi connectivity index (χ2n) is 9.40. The maximum absolute atomic E-state index is 12.0. The summed E-state index contributed by atoms with van der Waals surface area (Å²) in [5.74, 6) is 1.55. The minimum Gasteiger partial charge on any atom is -0.497 e. The van der Waals surface area contributed by atoms with Gasteiger partial charge in [0.05, 0.1) is 28.3 Å². The molecule has 14 nitrogen and oxygen atoms in total. The first-order chi connectivity index (χ1) is 21.4. The van der Waals surface area contributed by atoms with E-state index < -0.39 is 20.0 Å². The van der Waals surface area contributed by atoms with Gasteiger partial charge in [0, 0.05) is 17.8 Å². The van der Waals surface area contributed by atoms with Gasteiger partial charge in [-0.15, -0.1) is 0 Å². The van der Waals surface area contributed by atoms with Crippen LogP contribution in [0.15, 0.2) is 98.9 Å². The van der Waals surface area contributed by atoms with E-state index in [0.717, 1.165) is 0 Å². The third-order valence-corrected chi connectivity index (χ3v) is 9.29. The number of methoxy groups -OCH3 is 1. The van der Waals surface area contributed by atoms with Crippen LogP contribution in [0.4, 0.5) is 23.3 Å². The van der Waals surface area contributed by atoms with Crippen molar-refractivity contribution in [2.75, 3.05) is 37.4 Å². The van der Waals surface area contributed by atoms with E-state index in [1.807, 2.05) is 18.2 Å². The van der Waals surface area contributed by atoms with Crippen molar-refractivity contribution in [3.05, 3.63) is 90.0 Å². The van der Waals surface area contributed by atoms with E-state index in [-0.39, 0.29) is 15.7 Å². The molecule has 0 saturated heterocycles. The van der Waals surface area contributed by atoms with Gasteiger partial charge in [-0.05, 0) is 75.5 Å². The van der Waals surface area contributed by atoms with Crippen LogP contribution in [0.25, 0.3) is 0 Å². The van der Waals surface area contributed by atoms with Crippen molar-refractivity contribution < 1.29 is 21.6 Å². The Morgan fingerprint density at radius 3 is 1.58 bits per heavy atom. The molecule has 5 N–H and O–H groups in total. The largest absolute Gasteiger partial charge is 0.497 e. The third kappa shape index (κ3) is 8.60. The van der Waals surface area contributed by atoms with E-state index in [1.165, 1.54) is 38.4 Å². The van der Waals surface area contributed by atoms with Gasteiger partial charge in [0.1, 0.15) is 5.75 Å². The van der Waals surface area contributed by atoms with Gasteiger partial charge in [-0.3, -0.25) is 10.9 Å². The summed E-state index contributed by atoms with van der Waals surface area (Å²) < 4.78 is 58.0. The van der Waals surface area contributed by atoms with Crippen molar-refractivity contribution in [1.82, 2.24) is 19.4 Å². The number of aromatic nitrogens is 2.